The molecule has 4 aromatic rings. The summed E-state index contributed by atoms with van der Waals surface area (Å²) in [5.41, 5.74) is 4.92. The monoisotopic (exact) mass is 350 g/mol. The van der Waals surface area contributed by atoms with Crippen molar-refractivity contribution in [2.24, 2.45) is 0 Å². The van der Waals surface area contributed by atoms with E-state index >= 15 is 0 Å². The number of benzene rings is 2. The molecule has 0 unspecified atom stereocenters. The predicted molar refractivity (Wildman–Crippen MR) is 101 cm³/mol. The van der Waals surface area contributed by atoms with E-state index in [0.717, 1.165) is 28.5 Å². The van der Waals surface area contributed by atoms with E-state index in [-0.39, 0.29) is 11.0 Å². The summed E-state index contributed by atoms with van der Waals surface area (Å²) in [4.78, 5) is 20.3. The van der Waals surface area contributed by atoms with Crippen LogP contribution in [0.15, 0.2) is 58.2 Å². The van der Waals surface area contributed by atoms with Gasteiger partial charge in [0.25, 0.3) is 5.22 Å². The number of fused-ring (bicyclic) bond motifs is 2. The molecule has 0 amide bonds. The Morgan fingerprint density at radius 1 is 1.20 bits per heavy atom. The van der Waals surface area contributed by atoms with E-state index in [1.165, 1.54) is 10.9 Å². The number of nitrogens with one attached hydrogen (secondary N) is 1. The van der Waals surface area contributed by atoms with Gasteiger partial charge in [0.15, 0.2) is 10.7 Å². The molecule has 0 fully saturated rings. The summed E-state index contributed by atoms with van der Waals surface area (Å²) >= 11 is 1.08. The number of aromatic nitrogens is 2. The summed E-state index contributed by atoms with van der Waals surface area (Å²) in [6, 6.07) is 15.7. The second-order valence-corrected chi connectivity index (χ2v) is 7.24. The van der Waals surface area contributed by atoms with Gasteiger partial charge in [-0.05, 0) is 36.6 Å². The molecule has 2 aromatic carbocycles. The van der Waals surface area contributed by atoms with Gasteiger partial charge >= 0.3 is 0 Å². The molecule has 0 aliphatic heterocycles. The van der Waals surface area contributed by atoms with Crippen molar-refractivity contribution in [2.75, 3.05) is 0 Å². The number of rotatable bonds is 4. The van der Waals surface area contributed by atoms with Crippen LogP contribution in [-0.4, -0.2) is 15.1 Å². The molecule has 2 aromatic heterocycles. The maximum absolute atomic E-state index is 12.5. The van der Waals surface area contributed by atoms with Crippen LogP contribution in [0.2, 0.25) is 0 Å². The average molecular weight is 350 g/mol. The highest BCUT2D eigenvalue weighted by Crippen LogP contribution is 2.33. The number of aromatic amines is 1. The quantitative estimate of drug-likeness (QED) is 0.499. The Labute approximate surface area is 149 Å². The first-order chi connectivity index (χ1) is 12.1. The number of oxazole rings is 1. The van der Waals surface area contributed by atoms with Gasteiger partial charge in [-0.2, -0.15) is 0 Å². The Bertz CT molecular complexity index is 1030. The van der Waals surface area contributed by atoms with E-state index in [0.29, 0.717) is 17.2 Å². The molecule has 0 saturated carbocycles. The number of H-pyrrole nitrogens is 1. The van der Waals surface area contributed by atoms with Gasteiger partial charge in [0.1, 0.15) is 5.52 Å². The summed E-state index contributed by atoms with van der Waals surface area (Å²) in [6.45, 7) is 4.15. The van der Waals surface area contributed by atoms with Crippen molar-refractivity contribution in [2.45, 2.75) is 31.4 Å². The van der Waals surface area contributed by atoms with Gasteiger partial charge in [0, 0.05) is 34.8 Å². The molecule has 0 radical (unpaired) electrons. The first kappa shape index (κ1) is 16.0. The number of aryl methyl sites for hydroxylation is 1. The fourth-order valence-corrected chi connectivity index (χ4v) is 4.12. The van der Waals surface area contributed by atoms with Crippen LogP contribution in [0.3, 0.4) is 0 Å². The molecular formula is C20H18N2O2S. The molecule has 5 heteroatoms. The van der Waals surface area contributed by atoms with Gasteiger partial charge in [-0.1, -0.05) is 37.3 Å². The molecule has 4 rings (SSSR count). The van der Waals surface area contributed by atoms with Crippen LogP contribution in [-0.2, 0) is 4.79 Å². The lowest BCUT2D eigenvalue weighted by Gasteiger charge is -2.10. The van der Waals surface area contributed by atoms with Crippen molar-refractivity contribution in [3.05, 3.63) is 59.8 Å². The Kier molecular flexibility index (Phi) is 4.09. The maximum atomic E-state index is 12.5. The van der Waals surface area contributed by atoms with E-state index in [1.807, 2.05) is 36.4 Å². The van der Waals surface area contributed by atoms with Crippen molar-refractivity contribution in [3.8, 4) is 0 Å². The highest BCUT2D eigenvalue weighted by molar-refractivity contribution is 8.13. The minimum atomic E-state index is 0.0590. The third-order valence-corrected chi connectivity index (χ3v) is 5.13. The van der Waals surface area contributed by atoms with Gasteiger partial charge in [0.2, 0.25) is 0 Å². The predicted octanol–water partition coefficient (Wildman–Crippen LogP) is 5.43. The number of carbonyl (C=O) groups is 1. The Morgan fingerprint density at radius 2 is 1.96 bits per heavy atom. The number of thioether (sulfide) groups is 1. The highest BCUT2D eigenvalue weighted by Gasteiger charge is 2.20. The Hall–Kier alpha value is -2.53. The third-order valence-electron chi connectivity index (χ3n) is 4.38. The summed E-state index contributed by atoms with van der Waals surface area (Å²) in [5.74, 6) is 0.125. The standard InChI is InChI=1S/C20H18N2O2S/c1-12(19-13(2)21-15-8-4-3-7-14(15)19)11-18(23)25-20-22-16-9-5-6-10-17(16)24-20/h3-10,12,21H,11H2,1-2H3/t12-/m1/s1. The molecule has 0 aliphatic rings. The minimum absolute atomic E-state index is 0.0590. The molecule has 0 bridgehead atoms. The van der Waals surface area contributed by atoms with Gasteiger partial charge in [-0.25, -0.2) is 4.98 Å². The van der Waals surface area contributed by atoms with Crippen LogP contribution >= 0.6 is 11.8 Å². The molecule has 0 aliphatic carbocycles. The first-order valence-corrected chi connectivity index (χ1v) is 9.07. The summed E-state index contributed by atoms with van der Waals surface area (Å²) in [7, 11) is 0. The lowest BCUT2D eigenvalue weighted by atomic mass is 9.95. The number of nitrogens with zero attached hydrogens (tertiary/aromatic N) is 1. The molecular weight excluding hydrogens is 332 g/mol. The summed E-state index contributed by atoms with van der Waals surface area (Å²) in [5, 5.41) is 1.66. The third kappa shape index (κ3) is 3.07. The van der Waals surface area contributed by atoms with Crippen LogP contribution in [0.1, 0.15) is 30.5 Å². The van der Waals surface area contributed by atoms with Crippen LogP contribution in [0.4, 0.5) is 0 Å². The summed E-state index contributed by atoms with van der Waals surface area (Å²) in [6.07, 6.45) is 0.437. The van der Waals surface area contributed by atoms with Crippen molar-refractivity contribution in [1.82, 2.24) is 9.97 Å². The van der Waals surface area contributed by atoms with Crippen molar-refractivity contribution in [3.63, 3.8) is 0 Å². The van der Waals surface area contributed by atoms with E-state index < -0.39 is 0 Å². The molecule has 1 atom stereocenters. The second kappa shape index (κ2) is 6.41. The van der Waals surface area contributed by atoms with E-state index in [9.17, 15) is 4.79 Å². The van der Waals surface area contributed by atoms with Gasteiger partial charge in [-0.3, -0.25) is 4.79 Å². The molecule has 4 nitrogen and oxygen atoms in total. The summed E-state index contributed by atoms with van der Waals surface area (Å²) < 4.78 is 5.63. The van der Waals surface area contributed by atoms with Crippen LogP contribution in [0.25, 0.3) is 22.0 Å². The number of hydrogen-bond acceptors (Lipinski definition) is 4. The number of para-hydroxylation sites is 3. The molecule has 2 heterocycles. The normalized spacial score (nSPS) is 12.7. The first-order valence-electron chi connectivity index (χ1n) is 8.25. The van der Waals surface area contributed by atoms with Crippen LogP contribution < -0.4 is 0 Å². The minimum Gasteiger partial charge on any atom is -0.431 e. The average Bonchev–Trinajstić information content (AvgIpc) is 3.13. The van der Waals surface area contributed by atoms with E-state index in [2.05, 4.69) is 35.9 Å². The second-order valence-electron chi connectivity index (χ2n) is 6.24. The van der Waals surface area contributed by atoms with Crippen molar-refractivity contribution >= 4 is 38.9 Å². The zero-order chi connectivity index (χ0) is 17.4. The molecule has 25 heavy (non-hydrogen) atoms. The molecule has 0 saturated heterocycles. The Morgan fingerprint density at radius 3 is 2.80 bits per heavy atom. The fourth-order valence-electron chi connectivity index (χ4n) is 3.32. The lowest BCUT2D eigenvalue weighted by Crippen LogP contribution is -2.02. The lowest BCUT2D eigenvalue weighted by molar-refractivity contribution is -0.111. The fraction of sp³-hybridized carbons (Fsp3) is 0.200. The topological polar surface area (TPSA) is 58.9 Å². The van der Waals surface area contributed by atoms with Crippen molar-refractivity contribution < 1.29 is 9.21 Å². The zero-order valence-corrected chi connectivity index (χ0v) is 14.9. The van der Waals surface area contributed by atoms with Gasteiger partial charge < -0.3 is 9.40 Å². The SMILES string of the molecule is Cc1[nH]c2ccccc2c1[C@H](C)CC(=O)Sc1nc2ccccc2o1. The van der Waals surface area contributed by atoms with Gasteiger partial charge in [0.05, 0.1) is 0 Å². The van der Waals surface area contributed by atoms with Crippen LogP contribution in [0, 0.1) is 6.92 Å². The van der Waals surface area contributed by atoms with Crippen molar-refractivity contribution in [1.29, 1.82) is 0 Å². The zero-order valence-electron chi connectivity index (χ0n) is 14.1. The maximum Gasteiger partial charge on any atom is 0.264 e. The molecule has 0 spiro atoms. The molecule has 1 N–H and O–H groups in total. The Balaban J connectivity index is 1.52. The van der Waals surface area contributed by atoms with Crippen LogP contribution in [0.5, 0.6) is 0 Å². The number of carbonyl (C=O) groups excluding carboxylic acids is 1. The largest absolute Gasteiger partial charge is 0.431 e. The highest BCUT2D eigenvalue weighted by atomic mass is 32.2. The number of hydrogen-bond donors (Lipinski definition) is 1. The smallest absolute Gasteiger partial charge is 0.264 e. The van der Waals surface area contributed by atoms with E-state index in [1.54, 1.807) is 0 Å². The molecule has 126 valence electrons. The van der Waals surface area contributed by atoms with Gasteiger partial charge in [-0.15, -0.1) is 0 Å². The van der Waals surface area contributed by atoms with E-state index in [4.69, 9.17) is 4.42 Å².